The minimum atomic E-state index is -5.86. The van der Waals surface area contributed by atoms with E-state index in [1.165, 1.54) is 18.2 Å². The first-order valence-corrected chi connectivity index (χ1v) is 13.6. The van der Waals surface area contributed by atoms with Crippen molar-refractivity contribution in [2.24, 2.45) is 0 Å². The predicted octanol–water partition coefficient (Wildman–Crippen LogP) is 9.69. The molecule has 0 aliphatic rings. The smallest absolute Gasteiger partial charge is 0.457 e. The number of aliphatic hydroxyl groups is 1. The molecule has 0 fully saturated rings. The van der Waals surface area contributed by atoms with Crippen molar-refractivity contribution in [2.45, 2.75) is 50.1 Å². The van der Waals surface area contributed by atoms with Crippen LogP contribution in [-0.4, -0.2) is 17.9 Å². The van der Waals surface area contributed by atoms with Crippen molar-refractivity contribution >= 4 is 0 Å². The summed E-state index contributed by atoms with van der Waals surface area (Å²) >= 11 is 0. The highest BCUT2D eigenvalue weighted by molar-refractivity contribution is 5.42. The number of rotatable bonds is 10. The van der Waals surface area contributed by atoms with E-state index < -0.39 is 48.1 Å². The number of aliphatic hydroxyl groups excluding tert-OH is 1. The van der Waals surface area contributed by atoms with E-state index in [1.54, 1.807) is 24.3 Å². The third-order valence-corrected chi connectivity index (χ3v) is 7.06. The summed E-state index contributed by atoms with van der Waals surface area (Å²) in [5.74, 6) is -4.14. The zero-order valence-electron chi connectivity index (χ0n) is 23.6. The molecule has 4 aromatic rings. The third-order valence-electron chi connectivity index (χ3n) is 7.06. The Morgan fingerprint density at radius 2 is 1.11 bits per heavy atom. The van der Waals surface area contributed by atoms with Gasteiger partial charge in [-0.25, -0.2) is 0 Å². The summed E-state index contributed by atoms with van der Waals surface area (Å²) in [4.78, 5) is 0. The van der Waals surface area contributed by atoms with Crippen molar-refractivity contribution in [3.05, 3.63) is 130 Å². The molecule has 4 aromatic carbocycles. The largest absolute Gasteiger partial charge is 0.458 e. The topological polar surface area (TPSA) is 41.5 Å². The van der Waals surface area contributed by atoms with Crippen molar-refractivity contribution in [2.75, 3.05) is 6.61 Å². The summed E-state index contributed by atoms with van der Waals surface area (Å²) < 4.78 is 115. The Morgan fingerprint density at radius 3 is 1.66 bits per heavy atom. The van der Waals surface area contributed by atoms with Gasteiger partial charge in [-0.15, -0.1) is 0 Å². The van der Waals surface area contributed by atoms with E-state index in [4.69, 9.17) is 4.74 Å². The molecule has 3 nitrogen and oxygen atoms in total. The second-order valence-corrected chi connectivity index (χ2v) is 10.6. The molecule has 0 amide bonds. The minimum absolute atomic E-state index is 0.0296. The molecule has 0 saturated carbocycles. The van der Waals surface area contributed by atoms with Crippen molar-refractivity contribution in [1.29, 1.82) is 0 Å². The first kappa shape index (κ1) is 32.9. The highest BCUT2D eigenvalue weighted by Gasteiger charge is 2.58. The summed E-state index contributed by atoms with van der Waals surface area (Å²) in [6.45, 7) is 3.30. The van der Waals surface area contributed by atoms with Crippen molar-refractivity contribution in [1.82, 2.24) is 5.32 Å². The molecule has 0 aliphatic heterocycles. The maximum Gasteiger partial charge on any atom is 0.458 e. The van der Waals surface area contributed by atoms with Crippen LogP contribution in [0.1, 0.15) is 65.2 Å². The van der Waals surface area contributed by atoms with E-state index in [0.717, 1.165) is 29.8 Å². The van der Waals surface area contributed by atoms with Crippen LogP contribution in [0, 0.1) is 0 Å². The highest BCUT2D eigenvalue weighted by atomic mass is 19.4. The van der Waals surface area contributed by atoms with E-state index in [-0.39, 0.29) is 17.0 Å². The summed E-state index contributed by atoms with van der Waals surface area (Å²) in [5.41, 5.74) is -0.963. The van der Waals surface area contributed by atoms with E-state index in [9.17, 15) is 40.2 Å². The average molecular weight is 624 g/mol. The Bertz CT molecular complexity index is 1570. The van der Waals surface area contributed by atoms with E-state index >= 15 is 0 Å². The second kappa shape index (κ2) is 13.0. The summed E-state index contributed by atoms with van der Waals surface area (Å²) in [6, 6.07) is 19.1. The highest BCUT2D eigenvalue weighted by Crippen LogP contribution is 2.45. The molecule has 0 heterocycles. The molecule has 0 radical (unpaired) electrons. The lowest BCUT2D eigenvalue weighted by molar-refractivity contribution is -0.289. The van der Waals surface area contributed by atoms with Gasteiger partial charge >= 0.3 is 18.3 Å². The van der Waals surface area contributed by atoms with Crippen LogP contribution in [0.2, 0.25) is 0 Å². The van der Waals surface area contributed by atoms with Crippen molar-refractivity contribution in [3.8, 4) is 11.5 Å². The van der Waals surface area contributed by atoms with Gasteiger partial charge in [-0.05, 0) is 70.6 Å². The Hall–Kier alpha value is -3.96. The number of halogens is 8. The quantitative estimate of drug-likeness (QED) is 0.173. The van der Waals surface area contributed by atoms with E-state index in [2.05, 4.69) is 5.32 Å². The second-order valence-electron chi connectivity index (χ2n) is 10.6. The lowest BCUT2D eigenvalue weighted by atomic mass is 9.93. The molecule has 0 bridgehead atoms. The molecule has 0 saturated heterocycles. The molecule has 0 aromatic heterocycles. The number of hydrogen-bond donors (Lipinski definition) is 2. The van der Waals surface area contributed by atoms with E-state index in [0.29, 0.717) is 29.2 Å². The van der Waals surface area contributed by atoms with Gasteiger partial charge in [0, 0.05) is 5.56 Å². The molecular weight excluding hydrogens is 594 g/mol. The fraction of sp³-hybridized carbons (Fsp3) is 0.273. The molecule has 11 heteroatoms. The van der Waals surface area contributed by atoms with Crippen LogP contribution in [0.5, 0.6) is 11.5 Å². The van der Waals surface area contributed by atoms with Gasteiger partial charge in [0.05, 0.1) is 24.3 Å². The van der Waals surface area contributed by atoms with Crippen LogP contribution in [0.25, 0.3) is 0 Å². The van der Waals surface area contributed by atoms with Crippen LogP contribution in [0.4, 0.5) is 35.1 Å². The lowest BCUT2D eigenvalue weighted by Gasteiger charge is -2.28. The van der Waals surface area contributed by atoms with Crippen LogP contribution in [-0.2, 0) is 12.1 Å². The maximum absolute atomic E-state index is 14.3. The molecule has 0 aliphatic carbocycles. The molecule has 234 valence electrons. The van der Waals surface area contributed by atoms with Gasteiger partial charge in [0.1, 0.15) is 11.5 Å². The number of ether oxygens (including phenoxy) is 1. The van der Waals surface area contributed by atoms with Crippen LogP contribution >= 0.6 is 0 Å². The first-order valence-electron chi connectivity index (χ1n) is 13.6. The summed E-state index contributed by atoms with van der Waals surface area (Å²) in [5, 5.41) is 13.2. The average Bonchev–Trinajstić information content (AvgIpc) is 2.97. The molecule has 44 heavy (non-hydrogen) atoms. The van der Waals surface area contributed by atoms with Gasteiger partial charge in [0.2, 0.25) is 0 Å². The molecule has 4 rings (SSSR count). The fourth-order valence-electron chi connectivity index (χ4n) is 4.68. The van der Waals surface area contributed by atoms with Gasteiger partial charge < -0.3 is 9.84 Å². The summed E-state index contributed by atoms with van der Waals surface area (Å²) in [6.07, 6.45) is -10.5. The van der Waals surface area contributed by atoms with Gasteiger partial charge in [0.15, 0.2) is 0 Å². The van der Waals surface area contributed by atoms with Crippen molar-refractivity contribution in [3.63, 3.8) is 0 Å². The third kappa shape index (κ3) is 7.57. The zero-order chi connectivity index (χ0) is 32.3. The molecule has 2 atom stereocenters. The lowest BCUT2D eigenvalue weighted by Crippen LogP contribution is -2.34. The van der Waals surface area contributed by atoms with Gasteiger partial charge in [0.25, 0.3) is 0 Å². The number of hydrogen-bond acceptors (Lipinski definition) is 3. The monoisotopic (exact) mass is 623 g/mol. The Labute approximate surface area is 249 Å². The van der Waals surface area contributed by atoms with E-state index in [1.807, 2.05) is 32.0 Å². The van der Waals surface area contributed by atoms with Gasteiger partial charge in [-0.1, -0.05) is 68.4 Å². The number of benzene rings is 4. The van der Waals surface area contributed by atoms with Crippen LogP contribution in [0.15, 0.2) is 97.1 Å². The number of alkyl halides is 8. The molecular formula is C33H29F8NO2. The zero-order valence-corrected chi connectivity index (χ0v) is 23.6. The van der Waals surface area contributed by atoms with Crippen molar-refractivity contribution < 1.29 is 45.0 Å². The normalized spacial score (nSPS) is 14.0. The SMILES string of the molecule is CC(C)c1cccc(Oc2cccc(C(NC(CO)c3cccc(C(F)(F)F)c3)c3cccc(C(F)(F)C(F)(F)F)c3)c2)c1. The fourth-order valence-corrected chi connectivity index (χ4v) is 4.68. The van der Waals surface area contributed by atoms with Crippen LogP contribution < -0.4 is 10.1 Å². The van der Waals surface area contributed by atoms with Crippen LogP contribution in [0.3, 0.4) is 0 Å². The molecule has 2 N–H and O–H groups in total. The summed E-state index contributed by atoms with van der Waals surface area (Å²) in [7, 11) is 0. The van der Waals surface area contributed by atoms with Gasteiger partial charge in [-0.2, -0.15) is 35.1 Å². The standard InChI is InChI=1S/C33H29F8NO2/c1-20(2)21-7-5-13-27(17-21)44-28-14-6-10-24(18-28)30(23-9-4-11-25(16-23)31(34,35)33(39,40)41)42-29(19-43)22-8-3-12-26(15-22)32(36,37)38/h3-18,20,29-30,42-43H,19H2,1-2H3. The first-order chi connectivity index (χ1) is 20.6. The Kier molecular flexibility index (Phi) is 9.70. The number of nitrogens with one attached hydrogen (secondary N) is 1. The molecule has 2 unspecified atom stereocenters. The Morgan fingerprint density at radius 1 is 0.636 bits per heavy atom. The van der Waals surface area contributed by atoms with Gasteiger partial charge in [-0.3, -0.25) is 5.32 Å². The minimum Gasteiger partial charge on any atom is -0.457 e. The molecule has 0 spiro atoms. The Balaban J connectivity index is 1.78. The maximum atomic E-state index is 14.3. The predicted molar refractivity (Wildman–Crippen MR) is 150 cm³/mol.